The highest BCUT2D eigenvalue weighted by atomic mass is 16.1. The molecule has 0 aliphatic carbocycles. The van der Waals surface area contributed by atoms with Gasteiger partial charge < -0.3 is 10.6 Å². The number of nitrogens with zero attached hydrogens (tertiary/aromatic N) is 2. The van der Waals surface area contributed by atoms with E-state index in [2.05, 4.69) is 20.6 Å². The number of amides is 1. The lowest BCUT2D eigenvalue weighted by Crippen LogP contribution is -2.12. The van der Waals surface area contributed by atoms with Crippen LogP contribution in [0.5, 0.6) is 0 Å². The van der Waals surface area contributed by atoms with Crippen molar-refractivity contribution < 1.29 is 4.79 Å². The average Bonchev–Trinajstić information content (AvgIpc) is 2.63. The molecule has 120 valence electrons. The van der Waals surface area contributed by atoms with Gasteiger partial charge in [-0.25, -0.2) is 4.98 Å². The van der Waals surface area contributed by atoms with Crippen LogP contribution in [0.25, 0.3) is 0 Å². The summed E-state index contributed by atoms with van der Waals surface area (Å²) in [5.74, 6) is 0.694. The van der Waals surface area contributed by atoms with Gasteiger partial charge in [-0.3, -0.25) is 9.78 Å². The lowest BCUT2D eigenvalue weighted by atomic mass is 10.1. The third-order valence-corrected chi connectivity index (χ3v) is 3.46. The lowest BCUT2D eigenvalue weighted by molar-refractivity contribution is -0.116. The summed E-state index contributed by atoms with van der Waals surface area (Å²) in [6.45, 7) is 0. The van der Waals surface area contributed by atoms with Gasteiger partial charge in [0.2, 0.25) is 5.91 Å². The second kappa shape index (κ2) is 7.87. The van der Waals surface area contributed by atoms with E-state index in [-0.39, 0.29) is 5.91 Å². The lowest BCUT2D eigenvalue weighted by Gasteiger charge is -2.08. The molecule has 5 nitrogen and oxygen atoms in total. The van der Waals surface area contributed by atoms with Crippen LogP contribution >= 0.6 is 0 Å². The standard InChI is InChI=1S/C19H18N4O/c24-19(11-8-15-5-4-12-20-13-15)23-17-9-10-18(21-14-17)22-16-6-2-1-3-7-16/h1-7,9-10,12-14H,8,11H2,(H,21,22)(H,23,24). The number of carbonyl (C=O) groups excluding carboxylic acids is 1. The zero-order valence-electron chi connectivity index (χ0n) is 13.1. The number of benzene rings is 1. The summed E-state index contributed by atoms with van der Waals surface area (Å²) in [5.41, 5.74) is 2.70. The average molecular weight is 318 g/mol. The highest BCUT2D eigenvalue weighted by molar-refractivity contribution is 5.90. The zero-order chi connectivity index (χ0) is 16.6. The maximum Gasteiger partial charge on any atom is 0.224 e. The molecule has 0 saturated carbocycles. The molecule has 0 saturated heterocycles. The van der Waals surface area contributed by atoms with Crippen molar-refractivity contribution in [2.24, 2.45) is 0 Å². The van der Waals surface area contributed by atoms with E-state index in [1.54, 1.807) is 18.6 Å². The molecular formula is C19H18N4O. The number of aromatic nitrogens is 2. The molecule has 0 spiro atoms. The van der Waals surface area contributed by atoms with Gasteiger partial charge in [0.05, 0.1) is 11.9 Å². The molecule has 5 heteroatoms. The van der Waals surface area contributed by atoms with Gasteiger partial charge in [-0.1, -0.05) is 24.3 Å². The van der Waals surface area contributed by atoms with Crippen LogP contribution in [0.3, 0.4) is 0 Å². The molecule has 0 fully saturated rings. The van der Waals surface area contributed by atoms with Crippen molar-refractivity contribution in [2.75, 3.05) is 10.6 Å². The summed E-state index contributed by atoms with van der Waals surface area (Å²) in [6.07, 6.45) is 6.23. The van der Waals surface area contributed by atoms with Crippen LogP contribution in [0.4, 0.5) is 17.2 Å². The molecule has 0 radical (unpaired) electrons. The topological polar surface area (TPSA) is 66.9 Å². The fourth-order valence-corrected chi connectivity index (χ4v) is 2.24. The number of rotatable bonds is 6. The molecule has 2 aromatic heterocycles. The van der Waals surface area contributed by atoms with Crippen LogP contribution in [-0.2, 0) is 11.2 Å². The summed E-state index contributed by atoms with van der Waals surface area (Å²) in [4.78, 5) is 20.3. The van der Waals surface area contributed by atoms with Gasteiger partial charge in [-0.15, -0.1) is 0 Å². The van der Waals surface area contributed by atoms with Crippen LogP contribution in [0, 0.1) is 0 Å². The SMILES string of the molecule is O=C(CCc1cccnc1)Nc1ccc(Nc2ccccc2)nc1. The number of nitrogens with one attached hydrogen (secondary N) is 2. The fraction of sp³-hybridized carbons (Fsp3) is 0.105. The molecule has 0 bridgehead atoms. The Balaban J connectivity index is 1.51. The Labute approximate surface area is 140 Å². The summed E-state index contributed by atoms with van der Waals surface area (Å²) in [6, 6.07) is 17.3. The quantitative estimate of drug-likeness (QED) is 0.725. The first-order valence-corrected chi connectivity index (χ1v) is 7.76. The number of hydrogen-bond acceptors (Lipinski definition) is 4. The minimum Gasteiger partial charge on any atom is -0.340 e. The van der Waals surface area contributed by atoms with E-state index in [9.17, 15) is 4.79 Å². The number of carbonyl (C=O) groups is 1. The molecule has 2 heterocycles. The molecule has 3 rings (SSSR count). The van der Waals surface area contributed by atoms with Crippen molar-refractivity contribution in [1.29, 1.82) is 0 Å². The van der Waals surface area contributed by atoms with Gasteiger partial charge in [0, 0.05) is 24.5 Å². The van der Waals surface area contributed by atoms with Gasteiger partial charge in [0.25, 0.3) is 0 Å². The van der Waals surface area contributed by atoms with Crippen molar-refractivity contribution in [3.63, 3.8) is 0 Å². The Morgan fingerprint density at radius 3 is 2.50 bits per heavy atom. The van der Waals surface area contributed by atoms with Crippen LogP contribution in [0.1, 0.15) is 12.0 Å². The maximum atomic E-state index is 12.0. The van der Waals surface area contributed by atoms with Crippen LogP contribution in [0.15, 0.2) is 73.2 Å². The third-order valence-electron chi connectivity index (χ3n) is 3.46. The molecule has 1 amide bonds. The molecular weight excluding hydrogens is 300 g/mol. The van der Waals surface area contributed by atoms with Crippen molar-refractivity contribution >= 4 is 23.1 Å². The van der Waals surface area contributed by atoms with Crippen molar-refractivity contribution in [3.8, 4) is 0 Å². The molecule has 2 N–H and O–H groups in total. The number of pyridine rings is 2. The largest absolute Gasteiger partial charge is 0.340 e. The predicted molar refractivity (Wildman–Crippen MR) is 95.1 cm³/mol. The molecule has 0 unspecified atom stereocenters. The Morgan fingerprint density at radius 1 is 0.917 bits per heavy atom. The molecule has 0 aliphatic rings. The van der Waals surface area contributed by atoms with Gasteiger partial charge in [-0.05, 0) is 42.3 Å². The summed E-state index contributed by atoms with van der Waals surface area (Å²) >= 11 is 0. The summed E-state index contributed by atoms with van der Waals surface area (Å²) in [5, 5.41) is 6.05. The predicted octanol–water partition coefficient (Wildman–Crippen LogP) is 3.79. The van der Waals surface area contributed by atoms with Crippen molar-refractivity contribution in [2.45, 2.75) is 12.8 Å². The third kappa shape index (κ3) is 4.64. The highest BCUT2D eigenvalue weighted by Gasteiger charge is 2.04. The maximum absolute atomic E-state index is 12.0. The first-order valence-electron chi connectivity index (χ1n) is 7.76. The minimum atomic E-state index is -0.0376. The van der Waals surface area contributed by atoms with E-state index in [1.807, 2.05) is 54.6 Å². The van der Waals surface area contributed by atoms with E-state index in [0.717, 1.165) is 17.1 Å². The highest BCUT2D eigenvalue weighted by Crippen LogP contribution is 2.15. The molecule has 0 atom stereocenters. The van der Waals surface area contributed by atoms with Gasteiger partial charge >= 0.3 is 0 Å². The van der Waals surface area contributed by atoms with Crippen LogP contribution in [0.2, 0.25) is 0 Å². The van der Waals surface area contributed by atoms with E-state index in [1.165, 1.54) is 0 Å². The molecule has 0 aliphatic heterocycles. The van der Waals surface area contributed by atoms with Crippen molar-refractivity contribution in [3.05, 3.63) is 78.8 Å². The smallest absolute Gasteiger partial charge is 0.224 e. The number of aryl methyl sites for hydroxylation is 1. The normalized spacial score (nSPS) is 10.2. The zero-order valence-corrected chi connectivity index (χ0v) is 13.1. The Bertz CT molecular complexity index is 773. The van der Waals surface area contributed by atoms with E-state index >= 15 is 0 Å². The minimum absolute atomic E-state index is 0.0376. The van der Waals surface area contributed by atoms with Crippen LogP contribution in [-0.4, -0.2) is 15.9 Å². The van der Waals surface area contributed by atoms with Crippen LogP contribution < -0.4 is 10.6 Å². The Hall–Kier alpha value is -3.21. The Kier molecular flexibility index (Phi) is 5.14. The summed E-state index contributed by atoms with van der Waals surface area (Å²) < 4.78 is 0. The van der Waals surface area contributed by atoms with Crippen molar-refractivity contribution in [1.82, 2.24) is 9.97 Å². The Morgan fingerprint density at radius 2 is 1.79 bits per heavy atom. The van der Waals surface area contributed by atoms with E-state index < -0.39 is 0 Å². The van der Waals surface area contributed by atoms with E-state index in [4.69, 9.17) is 0 Å². The molecule has 1 aromatic carbocycles. The van der Waals surface area contributed by atoms with E-state index in [0.29, 0.717) is 18.5 Å². The fourth-order valence-electron chi connectivity index (χ4n) is 2.24. The number of anilines is 3. The first kappa shape index (κ1) is 15.7. The van der Waals surface area contributed by atoms with Gasteiger partial charge in [-0.2, -0.15) is 0 Å². The molecule has 3 aromatic rings. The summed E-state index contributed by atoms with van der Waals surface area (Å²) in [7, 11) is 0. The van der Waals surface area contributed by atoms with Gasteiger partial charge in [0.1, 0.15) is 5.82 Å². The monoisotopic (exact) mass is 318 g/mol. The number of para-hydroxylation sites is 1. The first-order chi connectivity index (χ1) is 11.8. The second-order valence-corrected chi connectivity index (χ2v) is 5.33. The van der Waals surface area contributed by atoms with Gasteiger partial charge in [0.15, 0.2) is 0 Å². The number of hydrogen-bond donors (Lipinski definition) is 2. The molecule has 24 heavy (non-hydrogen) atoms. The second-order valence-electron chi connectivity index (χ2n) is 5.33.